The number of nitrogens with zero attached hydrogens (tertiary/aromatic N) is 4. The van der Waals surface area contributed by atoms with Gasteiger partial charge in [-0.25, -0.2) is 13.9 Å². The van der Waals surface area contributed by atoms with E-state index in [-0.39, 0.29) is 23.1 Å². The van der Waals surface area contributed by atoms with Gasteiger partial charge in [-0.2, -0.15) is 13.2 Å². The summed E-state index contributed by atoms with van der Waals surface area (Å²) >= 11 is 1.15. The largest absolute Gasteiger partial charge is 0.417 e. The lowest BCUT2D eigenvalue weighted by Gasteiger charge is -2.16. The third kappa shape index (κ3) is 4.56. The summed E-state index contributed by atoms with van der Waals surface area (Å²) < 4.78 is 40.2. The Bertz CT molecular complexity index is 1220. The summed E-state index contributed by atoms with van der Waals surface area (Å²) in [4.78, 5) is 26.3. The maximum absolute atomic E-state index is 13.2. The number of hydrogen-bond donors (Lipinski definition) is 1. The SMILES string of the molecule is C[C@@H](CO)Sn1cnc2c(C3=CCCCC3)nc(-c3ccc(C(F)(F)F)cn3)cc2c1=O. The molecule has 168 valence electrons. The third-order valence-electron chi connectivity index (χ3n) is 5.21. The molecule has 6 nitrogen and oxygen atoms in total. The van der Waals surface area contributed by atoms with Crippen molar-refractivity contribution in [3.63, 3.8) is 0 Å². The molecule has 3 heterocycles. The van der Waals surface area contributed by atoms with E-state index in [9.17, 15) is 23.1 Å². The first-order valence-corrected chi connectivity index (χ1v) is 11.0. The van der Waals surface area contributed by atoms with Gasteiger partial charge in [0.15, 0.2) is 0 Å². The molecule has 1 N–H and O–H groups in total. The number of hydrogen-bond acceptors (Lipinski definition) is 6. The van der Waals surface area contributed by atoms with Crippen LogP contribution in [0.4, 0.5) is 13.2 Å². The van der Waals surface area contributed by atoms with E-state index < -0.39 is 11.7 Å². The number of pyridine rings is 2. The van der Waals surface area contributed by atoms with E-state index in [2.05, 4.69) is 21.0 Å². The average Bonchev–Trinajstić information content (AvgIpc) is 2.80. The van der Waals surface area contributed by atoms with Gasteiger partial charge in [-0.3, -0.25) is 9.78 Å². The summed E-state index contributed by atoms with van der Waals surface area (Å²) in [5.74, 6) is 0. The second kappa shape index (κ2) is 9.03. The van der Waals surface area contributed by atoms with Gasteiger partial charge in [0.25, 0.3) is 5.56 Å². The number of aliphatic hydroxyl groups excluding tert-OH is 1. The van der Waals surface area contributed by atoms with Crippen molar-refractivity contribution in [1.82, 2.24) is 18.9 Å². The van der Waals surface area contributed by atoms with Crippen LogP contribution in [-0.4, -0.2) is 35.9 Å². The molecule has 10 heteroatoms. The molecular formula is C22H21F3N4O2S. The molecule has 3 aromatic heterocycles. The van der Waals surface area contributed by atoms with E-state index in [0.29, 0.717) is 22.3 Å². The molecule has 0 fully saturated rings. The van der Waals surface area contributed by atoms with Crippen molar-refractivity contribution in [3.8, 4) is 11.4 Å². The van der Waals surface area contributed by atoms with Crippen LogP contribution in [0.3, 0.4) is 0 Å². The maximum Gasteiger partial charge on any atom is 0.417 e. The number of halogens is 3. The fourth-order valence-electron chi connectivity index (χ4n) is 3.54. The van der Waals surface area contributed by atoms with Crippen molar-refractivity contribution in [1.29, 1.82) is 0 Å². The van der Waals surface area contributed by atoms with Gasteiger partial charge < -0.3 is 5.11 Å². The Morgan fingerprint density at radius 1 is 1.22 bits per heavy atom. The Balaban J connectivity index is 1.90. The third-order valence-corrected chi connectivity index (χ3v) is 6.21. The van der Waals surface area contributed by atoms with E-state index in [1.54, 1.807) is 6.92 Å². The summed E-state index contributed by atoms with van der Waals surface area (Å²) in [6, 6.07) is 3.73. The minimum atomic E-state index is -4.49. The van der Waals surface area contributed by atoms with Crippen LogP contribution in [0.15, 0.2) is 41.6 Å². The van der Waals surface area contributed by atoms with Crippen LogP contribution < -0.4 is 5.56 Å². The molecule has 3 aromatic rings. The molecule has 0 unspecified atom stereocenters. The molecule has 1 aliphatic carbocycles. The molecule has 0 amide bonds. The second-order valence-electron chi connectivity index (χ2n) is 7.63. The van der Waals surface area contributed by atoms with Crippen molar-refractivity contribution in [2.45, 2.75) is 44.0 Å². The summed E-state index contributed by atoms with van der Waals surface area (Å²) in [7, 11) is 0. The Morgan fingerprint density at radius 3 is 2.66 bits per heavy atom. The van der Waals surface area contributed by atoms with E-state index in [4.69, 9.17) is 0 Å². The fraction of sp³-hybridized carbons (Fsp3) is 0.364. The maximum atomic E-state index is 13.2. The predicted molar refractivity (Wildman–Crippen MR) is 118 cm³/mol. The van der Waals surface area contributed by atoms with E-state index in [1.807, 2.05) is 0 Å². The zero-order valence-electron chi connectivity index (χ0n) is 17.3. The molecule has 0 saturated heterocycles. The van der Waals surface area contributed by atoms with Gasteiger partial charge in [-0.15, -0.1) is 0 Å². The predicted octanol–water partition coefficient (Wildman–Crippen LogP) is 4.71. The van der Waals surface area contributed by atoms with Gasteiger partial charge in [-0.1, -0.05) is 6.08 Å². The molecule has 0 aliphatic heterocycles. The minimum absolute atomic E-state index is 0.107. The zero-order valence-corrected chi connectivity index (χ0v) is 18.1. The second-order valence-corrected chi connectivity index (χ2v) is 9.04. The van der Waals surface area contributed by atoms with Gasteiger partial charge in [0.1, 0.15) is 11.8 Å². The molecule has 0 aromatic carbocycles. The lowest BCUT2D eigenvalue weighted by molar-refractivity contribution is -0.137. The summed E-state index contributed by atoms with van der Waals surface area (Å²) in [5, 5.41) is 9.41. The van der Waals surface area contributed by atoms with Gasteiger partial charge >= 0.3 is 6.18 Å². The van der Waals surface area contributed by atoms with E-state index in [0.717, 1.165) is 55.5 Å². The topological polar surface area (TPSA) is 80.9 Å². The molecule has 0 spiro atoms. The van der Waals surface area contributed by atoms with Crippen LogP contribution in [0.1, 0.15) is 43.9 Å². The van der Waals surface area contributed by atoms with Crippen LogP contribution in [0.2, 0.25) is 0 Å². The van der Waals surface area contributed by atoms with Crippen molar-refractivity contribution < 1.29 is 18.3 Å². The number of aromatic nitrogens is 4. The molecule has 0 radical (unpaired) electrons. The molecule has 32 heavy (non-hydrogen) atoms. The lowest BCUT2D eigenvalue weighted by Crippen LogP contribution is -2.20. The summed E-state index contributed by atoms with van der Waals surface area (Å²) in [5.41, 5.74) is 1.35. The minimum Gasteiger partial charge on any atom is -0.395 e. The summed E-state index contributed by atoms with van der Waals surface area (Å²) in [6.07, 6.45) is 3.50. The van der Waals surface area contributed by atoms with Gasteiger partial charge in [0.05, 0.1) is 34.6 Å². The summed E-state index contributed by atoms with van der Waals surface area (Å²) in [6.45, 7) is 1.67. The highest BCUT2D eigenvalue weighted by atomic mass is 32.2. The number of aliphatic hydroxyl groups is 1. The average molecular weight is 462 g/mol. The first kappa shape index (κ1) is 22.5. The van der Waals surface area contributed by atoms with Crippen molar-refractivity contribution in [2.24, 2.45) is 0 Å². The molecule has 4 rings (SSSR count). The monoisotopic (exact) mass is 462 g/mol. The fourth-order valence-corrected chi connectivity index (χ4v) is 4.29. The first-order chi connectivity index (χ1) is 15.3. The lowest BCUT2D eigenvalue weighted by atomic mass is 9.95. The highest BCUT2D eigenvalue weighted by Gasteiger charge is 2.30. The van der Waals surface area contributed by atoms with Crippen LogP contribution in [0.25, 0.3) is 27.9 Å². The van der Waals surface area contributed by atoms with Crippen LogP contribution in [0.5, 0.6) is 0 Å². The standard InChI is InChI=1S/C22H21F3N4O2S/c1-13(11-30)32-29-12-27-20-16(21(29)31)9-18(28-19(20)14-5-3-2-4-6-14)17-8-7-15(10-26-17)22(23,24)25/h5,7-10,12-13,30H,2-4,6,11H2,1H3/t13-/m0/s1. The van der Waals surface area contributed by atoms with Crippen LogP contribution in [-0.2, 0) is 6.18 Å². The van der Waals surface area contributed by atoms with Gasteiger partial charge in [0, 0.05) is 11.4 Å². The molecule has 0 saturated carbocycles. The zero-order chi connectivity index (χ0) is 22.9. The van der Waals surface area contributed by atoms with E-state index in [1.165, 1.54) is 22.4 Å². The Labute approximate surface area is 186 Å². The van der Waals surface area contributed by atoms with E-state index >= 15 is 0 Å². The van der Waals surface area contributed by atoms with Gasteiger partial charge in [0.2, 0.25) is 0 Å². The molecular weight excluding hydrogens is 441 g/mol. The number of rotatable bonds is 5. The smallest absolute Gasteiger partial charge is 0.395 e. The number of alkyl halides is 3. The van der Waals surface area contributed by atoms with Gasteiger partial charge in [-0.05, 0) is 68.3 Å². The van der Waals surface area contributed by atoms with Crippen LogP contribution >= 0.6 is 11.9 Å². The number of fused-ring (bicyclic) bond motifs is 1. The quantitative estimate of drug-likeness (QED) is 0.592. The first-order valence-electron chi connectivity index (χ1n) is 10.2. The van der Waals surface area contributed by atoms with Crippen molar-refractivity contribution in [3.05, 3.63) is 58.4 Å². The Morgan fingerprint density at radius 2 is 2.03 bits per heavy atom. The molecule has 1 aliphatic rings. The Kier molecular flexibility index (Phi) is 6.34. The number of allylic oxidation sites excluding steroid dienone is 2. The highest BCUT2D eigenvalue weighted by molar-refractivity contribution is 7.98. The van der Waals surface area contributed by atoms with Crippen molar-refractivity contribution in [2.75, 3.05) is 6.61 Å². The normalized spacial score (nSPS) is 15.6. The highest BCUT2D eigenvalue weighted by Crippen LogP contribution is 2.33. The van der Waals surface area contributed by atoms with Crippen molar-refractivity contribution >= 4 is 28.4 Å². The molecule has 1 atom stereocenters. The Hall–Kier alpha value is -2.72. The van der Waals surface area contributed by atoms with Crippen LogP contribution in [0, 0.1) is 0 Å². The molecule has 0 bridgehead atoms.